The molecule has 0 aromatic heterocycles. The van der Waals surface area contributed by atoms with Gasteiger partial charge in [0, 0.05) is 13.0 Å². The van der Waals surface area contributed by atoms with Gasteiger partial charge in [-0.2, -0.15) is 0 Å². The Balaban J connectivity index is 2.07. The molecule has 0 aliphatic heterocycles. The molecule has 2 nitrogen and oxygen atoms in total. The Kier molecular flexibility index (Phi) is 5.66. The molecule has 0 radical (unpaired) electrons. The highest BCUT2D eigenvalue weighted by Gasteiger charge is 2.25. The molecule has 1 fully saturated rings. The predicted octanol–water partition coefficient (Wildman–Crippen LogP) is 1.79. The van der Waals surface area contributed by atoms with Gasteiger partial charge >= 0.3 is 0 Å². The van der Waals surface area contributed by atoms with E-state index in [2.05, 4.69) is 11.8 Å². The van der Waals surface area contributed by atoms with Gasteiger partial charge in [0.25, 0.3) is 0 Å². The summed E-state index contributed by atoms with van der Waals surface area (Å²) in [6, 6.07) is 0. The maximum absolute atomic E-state index is 5.70. The van der Waals surface area contributed by atoms with E-state index in [0.717, 1.165) is 26.2 Å². The summed E-state index contributed by atoms with van der Waals surface area (Å²) in [5, 5.41) is 0. The Morgan fingerprint density at radius 2 is 2.14 bits per heavy atom. The average Bonchev–Trinajstić information content (AvgIpc) is 2.65. The first-order chi connectivity index (χ1) is 6.88. The van der Waals surface area contributed by atoms with Crippen LogP contribution in [-0.4, -0.2) is 19.8 Å². The van der Waals surface area contributed by atoms with E-state index < -0.39 is 0 Å². The van der Waals surface area contributed by atoms with Gasteiger partial charge in [-0.15, -0.1) is 11.8 Å². The molecule has 0 amide bonds. The van der Waals surface area contributed by atoms with Crippen molar-refractivity contribution in [1.82, 2.24) is 0 Å². The van der Waals surface area contributed by atoms with Gasteiger partial charge in [-0.05, 0) is 38.1 Å². The Morgan fingerprint density at radius 3 is 2.86 bits per heavy atom. The van der Waals surface area contributed by atoms with Crippen LogP contribution in [0.1, 0.15) is 32.6 Å². The van der Waals surface area contributed by atoms with Crippen molar-refractivity contribution < 1.29 is 4.74 Å². The molecular formula is C12H21NO. The van der Waals surface area contributed by atoms with Crippen LogP contribution in [0.5, 0.6) is 0 Å². The zero-order valence-electron chi connectivity index (χ0n) is 9.09. The minimum absolute atomic E-state index is 0.701. The molecule has 14 heavy (non-hydrogen) atoms. The number of hydrogen-bond acceptors (Lipinski definition) is 2. The lowest BCUT2D eigenvalue weighted by Gasteiger charge is -2.17. The van der Waals surface area contributed by atoms with Crippen molar-refractivity contribution in [3.05, 3.63) is 0 Å². The monoisotopic (exact) mass is 195 g/mol. The van der Waals surface area contributed by atoms with Gasteiger partial charge < -0.3 is 10.5 Å². The fourth-order valence-electron chi connectivity index (χ4n) is 2.13. The van der Waals surface area contributed by atoms with Crippen LogP contribution in [0.25, 0.3) is 0 Å². The molecule has 0 spiro atoms. The van der Waals surface area contributed by atoms with Gasteiger partial charge in [0.2, 0.25) is 0 Å². The zero-order chi connectivity index (χ0) is 10.2. The van der Waals surface area contributed by atoms with Crippen LogP contribution < -0.4 is 5.73 Å². The summed E-state index contributed by atoms with van der Waals surface area (Å²) >= 11 is 0. The van der Waals surface area contributed by atoms with Crippen LogP contribution >= 0.6 is 0 Å². The van der Waals surface area contributed by atoms with Crippen LogP contribution in [0, 0.1) is 23.7 Å². The molecule has 1 aliphatic carbocycles. The Morgan fingerprint density at radius 1 is 1.36 bits per heavy atom. The lowest BCUT2D eigenvalue weighted by atomic mass is 9.97. The molecule has 0 bridgehead atoms. The van der Waals surface area contributed by atoms with Crippen molar-refractivity contribution in [3.8, 4) is 11.8 Å². The van der Waals surface area contributed by atoms with Gasteiger partial charge in [-0.1, -0.05) is 6.42 Å². The summed E-state index contributed by atoms with van der Waals surface area (Å²) in [6.45, 7) is 4.34. The highest BCUT2D eigenvalue weighted by molar-refractivity contribution is 4.94. The standard InChI is InChI=1S/C12H21NO/c1-2-3-4-8-14-10-12-7-5-6-11(12)9-13/h11-12H,4-10,13H2,1H3. The van der Waals surface area contributed by atoms with Crippen molar-refractivity contribution in [3.63, 3.8) is 0 Å². The van der Waals surface area contributed by atoms with E-state index in [0.29, 0.717) is 11.8 Å². The van der Waals surface area contributed by atoms with Crippen LogP contribution in [0.2, 0.25) is 0 Å². The van der Waals surface area contributed by atoms with E-state index in [1.807, 2.05) is 6.92 Å². The van der Waals surface area contributed by atoms with Crippen LogP contribution in [0.4, 0.5) is 0 Å². The van der Waals surface area contributed by atoms with Crippen LogP contribution in [-0.2, 0) is 4.74 Å². The van der Waals surface area contributed by atoms with Crippen molar-refractivity contribution in [1.29, 1.82) is 0 Å². The maximum atomic E-state index is 5.70. The minimum atomic E-state index is 0.701. The lowest BCUT2D eigenvalue weighted by molar-refractivity contribution is 0.0912. The largest absolute Gasteiger partial charge is 0.380 e. The third-order valence-corrected chi connectivity index (χ3v) is 3.00. The van der Waals surface area contributed by atoms with Crippen LogP contribution in [0.3, 0.4) is 0 Å². The topological polar surface area (TPSA) is 35.2 Å². The molecule has 2 unspecified atom stereocenters. The molecule has 2 atom stereocenters. The van der Waals surface area contributed by atoms with E-state index in [1.165, 1.54) is 19.3 Å². The Bertz CT molecular complexity index is 204. The Labute approximate surface area is 87.2 Å². The van der Waals surface area contributed by atoms with E-state index in [9.17, 15) is 0 Å². The molecule has 0 saturated heterocycles. The Hall–Kier alpha value is -0.520. The highest BCUT2D eigenvalue weighted by atomic mass is 16.5. The first-order valence-electron chi connectivity index (χ1n) is 5.56. The van der Waals surface area contributed by atoms with E-state index in [-0.39, 0.29) is 0 Å². The van der Waals surface area contributed by atoms with Crippen molar-refractivity contribution >= 4 is 0 Å². The van der Waals surface area contributed by atoms with Crippen molar-refractivity contribution in [2.45, 2.75) is 32.6 Å². The van der Waals surface area contributed by atoms with Gasteiger partial charge in [-0.3, -0.25) is 0 Å². The second-order valence-electron chi connectivity index (χ2n) is 3.94. The quantitative estimate of drug-likeness (QED) is 0.536. The number of ether oxygens (including phenoxy) is 1. The summed E-state index contributed by atoms with van der Waals surface area (Å²) in [5.74, 6) is 7.27. The molecule has 80 valence electrons. The third kappa shape index (κ3) is 3.69. The first-order valence-corrected chi connectivity index (χ1v) is 5.56. The molecule has 1 aliphatic rings. The van der Waals surface area contributed by atoms with E-state index in [4.69, 9.17) is 10.5 Å². The third-order valence-electron chi connectivity index (χ3n) is 3.00. The summed E-state index contributed by atoms with van der Waals surface area (Å²) in [5.41, 5.74) is 5.70. The molecule has 0 aromatic carbocycles. The van der Waals surface area contributed by atoms with Crippen molar-refractivity contribution in [2.75, 3.05) is 19.8 Å². The summed E-state index contributed by atoms with van der Waals surface area (Å²) in [4.78, 5) is 0. The fourth-order valence-corrected chi connectivity index (χ4v) is 2.13. The minimum Gasteiger partial charge on any atom is -0.380 e. The predicted molar refractivity (Wildman–Crippen MR) is 58.8 cm³/mol. The number of rotatable bonds is 5. The summed E-state index contributed by atoms with van der Waals surface area (Å²) < 4.78 is 5.59. The van der Waals surface area contributed by atoms with E-state index in [1.54, 1.807) is 0 Å². The zero-order valence-corrected chi connectivity index (χ0v) is 9.09. The first kappa shape index (κ1) is 11.6. The molecule has 2 heteroatoms. The molecule has 1 saturated carbocycles. The van der Waals surface area contributed by atoms with Crippen molar-refractivity contribution in [2.24, 2.45) is 17.6 Å². The molecule has 2 N–H and O–H groups in total. The van der Waals surface area contributed by atoms with Gasteiger partial charge in [-0.25, -0.2) is 0 Å². The number of nitrogens with two attached hydrogens (primary N) is 1. The molecule has 1 rings (SSSR count). The lowest BCUT2D eigenvalue weighted by Crippen LogP contribution is -2.22. The second-order valence-corrected chi connectivity index (χ2v) is 3.94. The van der Waals surface area contributed by atoms with Crippen LogP contribution in [0.15, 0.2) is 0 Å². The molecular weight excluding hydrogens is 174 g/mol. The van der Waals surface area contributed by atoms with Gasteiger partial charge in [0.1, 0.15) is 0 Å². The summed E-state index contributed by atoms with van der Waals surface area (Å²) in [7, 11) is 0. The smallest absolute Gasteiger partial charge is 0.0575 e. The maximum Gasteiger partial charge on any atom is 0.0575 e. The molecule has 0 heterocycles. The second kappa shape index (κ2) is 6.86. The average molecular weight is 195 g/mol. The SMILES string of the molecule is CC#CCCOCC1CCCC1CN. The number of hydrogen-bond donors (Lipinski definition) is 1. The fraction of sp³-hybridized carbons (Fsp3) is 0.833. The van der Waals surface area contributed by atoms with Gasteiger partial charge in [0.05, 0.1) is 6.61 Å². The van der Waals surface area contributed by atoms with E-state index >= 15 is 0 Å². The highest BCUT2D eigenvalue weighted by Crippen LogP contribution is 2.30. The van der Waals surface area contributed by atoms with Gasteiger partial charge in [0.15, 0.2) is 0 Å². The summed E-state index contributed by atoms with van der Waals surface area (Å²) in [6.07, 6.45) is 4.77. The normalized spacial score (nSPS) is 25.9. The molecule has 0 aromatic rings.